The first-order valence-electron chi connectivity index (χ1n) is 19.0. The van der Waals surface area contributed by atoms with Crippen molar-refractivity contribution in [2.75, 3.05) is 0 Å². The van der Waals surface area contributed by atoms with Gasteiger partial charge in [-0.2, -0.15) is 0 Å². The number of rotatable bonds is 10. The number of aryl methyl sites for hydroxylation is 4. The first-order chi connectivity index (χ1) is 23.2. The fourth-order valence-corrected chi connectivity index (χ4v) is 43.4. The number of allylic oxidation sites excluding steroid dienone is 2. The summed E-state index contributed by atoms with van der Waals surface area (Å²) in [5.41, 5.74) is 18.1. The van der Waals surface area contributed by atoms with Crippen LogP contribution in [-0.4, -0.2) is 8.07 Å². The molecule has 48 heavy (non-hydrogen) atoms. The Bertz CT molecular complexity index is 1760. The summed E-state index contributed by atoms with van der Waals surface area (Å²) < 4.78 is 7.07. The van der Waals surface area contributed by atoms with E-state index in [1.165, 1.54) is 95.1 Å². The predicted molar refractivity (Wildman–Crippen MR) is 210 cm³/mol. The van der Waals surface area contributed by atoms with Crippen LogP contribution in [0.4, 0.5) is 0 Å². The van der Waals surface area contributed by atoms with Crippen molar-refractivity contribution < 1.29 is 20.0 Å². The molecule has 2 heteroatoms. The van der Waals surface area contributed by atoms with Gasteiger partial charge in [0, 0.05) is 0 Å². The molecule has 2 aliphatic carbocycles. The van der Waals surface area contributed by atoms with Crippen molar-refractivity contribution >= 4 is 20.2 Å². The molecule has 4 aromatic carbocycles. The molecule has 3 aliphatic rings. The van der Waals surface area contributed by atoms with Gasteiger partial charge < -0.3 is 0 Å². The first kappa shape index (κ1) is 33.9. The summed E-state index contributed by atoms with van der Waals surface area (Å²) in [4.78, 5) is 0. The van der Waals surface area contributed by atoms with E-state index in [-0.39, 0.29) is 0 Å². The second kappa shape index (κ2) is 13.3. The Labute approximate surface area is 297 Å². The molecule has 0 spiro atoms. The number of hydrogen-bond acceptors (Lipinski definition) is 0. The molecule has 7 rings (SSSR count). The number of fused-ring (bicyclic) bond motifs is 6. The van der Waals surface area contributed by atoms with Gasteiger partial charge in [0.2, 0.25) is 0 Å². The predicted octanol–water partition coefficient (Wildman–Crippen LogP) is 14.0. The summed E-state index contributed by atoms with van der Waals surface area (Å²) >= 11 is -3.15. The second-order valence-electron chi connectivity index (χ2n) is 16.0. The monoisotopic (exact) mass is 816 g/mol. The Morgan fingerprint density at radius 1 is 0.521 bits per heavy atom. The van der Waals surface area contributed by atoms with Gasteiger partial charge in [-0.15, -0.1) is 0 Å². The Kier molecular flexibility index (Phi) is 9.39. The van der Waals surface area contributed by atoms with E-state index in [9.17, 15) is 0 Å². The van der Waals surface area contributed by atoms with Gasteiger partial charge in [0.05, 0.1) is 0 Å². The minimum absolute atomic E-state index is 0.684. The fraction of sp³-hybridized carbons (Fsp3) is 0.391. The summed E-state index contributed by atoms with van der Waals surface area (Å²) in [6, 6.07) is 31.4. The van der Waals surface area contributed by atoms with Gasteiger partial charge in [0.25, 0.3) is 0 Å². The Morgan fingerprint density at radius 3 is 1.27 bits per heavy atom. The molecule has 0 saturated carbocycles. The summed E-state index contributed by atoms with van der Waals surface area (Å²) in [6.07, 6.45) is 13.7. The molecule has 248 valence electrons. The summed E-state index contributed by atoms with van der Waals surface area (Å²) in [7, 11) is -2.03. The topological polar surface area (TPSA) is 0 Å². The van der Waals surface area contributed by atoms with Crippen LogP contribution < -0.4 is 0 Å². The van der Waals surface area contributed by atoms with Gasteiger partial charge in [-0.25, -0.2) is 0 Å². The molecule has 0 N–H and O–H groups in total. The van der Waals surface area contributed by atoms with E-state index >= 15 is 0 Å². The molecule has 1 aliphatic heterocycles. The van der Waals surface area contributed by atoms with Crippen molar-refractivity contribution in [3.8, 4) is 22.3 Å². The van der Waals surface area contributed by atoms with E-state index in [1.54, 1.807) is 22.3 Å². The van der Waals surface area contributed by atoms with Crippen LogP contribution >= 0.6 is 0 Å². The van der Waals surface area contributed by atoms with Crippen molar-refractivity contribution in [1.82, 2.24) is 0 Å². The van der Waals surface area contributed by atoms with Crippen LogP contribution in [0.2, 0.25) is 21.4 Å². The van der Waals surface area contributed by atoms with E-state index in [0.29, 0.717) is 7.35 Å². The van der Waals surface area contributed by atoms with E-state index in [0.717, 1.165) is 0 Å². The fourth-order valence-electron chi connectivity index (χ4n) is 10.5. The zero-order chi connectivity index (χ0) is 33.8. The molecular formula is C46H56HfSi. The van der Waals surface area contributed by atoms with Crippen LogP contribution in [0.1, 0.15) is 104 Å². The molecule has 0 bridgehead atoms. The zero-order valence-corrected chi connectivity index (χ0v) is 35.5. The average Bonchev–Trinajstić information content (AvgIpc) is 3.66. The molecule has 1 fully saturated rings. The van der Waals surface area contributed by atoms with E-state index in [1.807, 2.05) is 10.4 Å². The molecule has 0 nitrogen and oxygen atoms in total. The van der Waals surface area contributed by atoms with Crippen LogP contribution in [0.3, 0.4) is 0 Å². The van der Waals surface area contributed by atoms with Crippen molar-refractivity contribution in [2.24, 2.45) is 0 Å². The summed E-state index contributed by atoms with van der Waals surface area (Å²) in [5.74, 6) is 0. The maximum absolute atomic E-state index is 3.15. The van der Waals surface area contributed by atoms with Crippen LogP contribution in [0.25, 0.3) is 34.4 Å². The molecule has 1 heterocycles. The third-order valence-corrected chi connectivity index (χ3v) is 35.4. The molecule has 2 unspecified atom stereocenters. The quantitative estimate of drug-likeness (QED) is 0.110. The Hall–Kier alpha value is -2.55. The van der Waals surface area contributed by atoms with E-state index in [4.69, 9.17) is 0 Å². The van der Waals surface area contributed by atoms with Gasteiger partial charge in [-0.3, -0.25) is 0 Å². The van der Waals surface area contributed by atoms with Crippen LogP contribution in [0, 0.1) is 27.7 Å². The molecule has 0 radical (unpaired) electrons. The standard InChI is InChI=1S/C44H50Si.2CH3.Hf/c1-7-9-11-25-45(26-12-10-8-2,37-27-35-21-15-23-39(41(35)29-37)43-31(3)17-13-18-32(43)4)38-28-36-22-16-24-40(42(36)30-38)44-33(5)19-14-20-34(44)6;;;/h13-24,27-30H,7-12,25-26H2,1-6H3;2*1H3;. The molecule has 0 aromatic heterocycles. The van der Waals surface area contributed by atoms with Crippen LogP contribution in [0.5, 0.6) is 0 Å². The molecule has 4 aromatic rings. The number of hydrogen-bond donors (Lipinski definition) is 0. The number of benzene rings is 4. The third-order valence-electron chi connectivity index (χ3n) is 12.6. The molecule has 1 saturated heterocycles. The van der Waals surface area contributed by atoms with Gasteiger partial charge in [0.1, 0.15) is 0 Å². The second-order valence-corrected chi connectivity index (χ2v) is 37.6. The maximum atomic E-state index is 2.85. The normalized spacial score (nSPS) is 19.7. The SMILES string of the molecule is CCCCC[Si]1(CCCCC)C2=Cc3c(-c4c(C)cccc4C)cccc3[CH]2[Hf]([CH3])([CH3])[CH]2C1=Cc1c(-c3c(C)cccc3C)cccc12. The van der Waals surface area contributed by atoms with Crippen molar-refractivity contribution in [2.45, 2.75) is 109 Å². The van der Waals surface area contributed by atoms with Gasteiger partial charge in [0.15, 0.2) is 0 Å². The van der Waals surface area contributed by atoms with Gasteiger partial charge in [-0.05, 0) is 0 Å². The summed E-state index contributed by atoms with van der Waals surface area (Å²) in [6.45, 7) is 14.0. The molecular weight excluding hydrogens is 759 g/mol. The minimum atomic E-state index is -3.15. The Morgan fingerprint density at radius 2 is 0.896 bits per heavy atom. The Balaban J connectivity index is 1.51. The third kappa shape index (κ3) is 5.31. The zero-order valence-electron chi connectivity index (χ0n) is 30.9. The van der Waals surface area contributed by atoms with Crippen molar-refractivity contribution in [3.05, 3.63) is 128 Å². The molecule has 2 atom stereocenters. The van der Waals surface area contributed by atoms with Gasteiger partial charge in [-0.1, -0.05) is 0 Å². The van der Waals surface area contributed by atoms with Gasteiger partial charge >= 0.3 is 299 Å². The van der Waals surface area contributed by atoms with Crippen molar-refractivity contribution in [1.29, 1.82) is 0 Å². The molecule has 0 amide bonds. The van der Waals surface area contributed by atoms with Crippen molar-refractivity contribution in [3.63, 3.8) is 0 Å². The van der Waals surface area contributed by atoms with Crippen LogP contribution in [0.15, 0.2) is 83.2 Å². The van der Waals surface area contributed by atoms with E-state index in [2.05, 4.69) is 136 Å². The van der Waals surface area contributed by atoms with Crippen LogP contribution in [-0.2, 0) is 20.0 Å². The summed E-state index contributed by atoms with van der Waals surface area (Å²) in [5, 5.41) is 3.91. The average molecular weight is 816 g/mol. The van der Waals surface area contributed by atoms with E-state index < -0.39 is 28.0 Å². The first-order valence-corrected chi connectivity index (χ1v) is 32.7. The number of unbranched alkanes of at least 4 members (excludes halogenated alkanes) is 4.